The van der Waals surface area contributed by atoms with Crippen molar-refractivity contribution in [3.63, 3.8) is 0 Å². The average molecular weight is 751 g/mol. The Morgan fingerprint density at radius 2 is 1.69 bits per heavy atom. The first kappa shape index (κ1) is 31.3. The molecule has 1 saturated carbocycles. The molecule has 5 aromatic rings. The van der Waals surface area contributed by atoms with Crippen molar-refractivity contribution in [2.45, 2.75) is 38.0 Å². The van der Waals surface area contributed by atoms with Gasteiger partial charge in [-0.3, -0.25) is 0 Å². The molecule has 1 aliphatic heterocycles. The number of halogens is 4. The maximum absolute atomic E-state index is 14.9. The first-order chi connectivity index (χ1) is 19.9. The second-order valence-electron chi connectivity index (χ2n) is 9.91. The summed E-state index contributed by atoms with van der Waals surface area (Å²) in [4.78, 5) is 10.0. The molecule has 3 aromatic carbocycles. The number of nitrogens with one attached hydrogen (secondary N) is 2. The van der Waals surface area contributed by atoms with Crippen molar-refractivity contribution < 1.29 is 53.2 Å². The van der Waals surface area contributed by atoms with Crippen molar-refractivity contribution in [3.8, 4) is 28.6 Å². The van der Waals surface area contributed by atoms with Gasteiger partial charge in [0.25, 0.3) is 0 Å². The maximum atomic E-state index is 14.9. The monoisotopic (exact) mass is 751 g/mol. The zero-order valence-corrected chi connectivity index (χ0v) is 25.9. The smallest absolute Gasteiger partial charge is 0.206 e. The summed E-state index contributed by atoms with van der Waals surface area (Å²) in [5, 5.41) is 6.84. The maximum Gasteiger partial charge on any atom is 0.206 e. The van der Waals surface area contributed by atoms with Gasteiger partial charge in [-0.1, -0.05) is 37.5 Å². The van der Waals surface area contributed by atoms with Gasteiger partial charge in [0.1, 0.15) is 23.1 Å². The van der Waals surface area contributed by atoms with E-state index in [1.807, 2.05) is 24.3 Å². The van der Waals surface area contributed by atoms with Gasteiger partial charge in [0.05, 0.1) is 17.7 Å². The number of H-pyrrole nitrogens is 2. The van der Waals surface area contributed by atoms with E-state index in [0.717, 1.165) is 30.2 Å². The summed E-state index contributed by atoms with van der Waals surface area (Å²) >= 11 is 0. The molecule has 11 heteroatoms. The van der Waals surface area contributed by atoms with Crippen LogP contribution in [0.25, 0.3) is 22.3 Å². The number of aromatic amines is 2. The van der Waals surface area contributed by atoms with E-state index in [9.17, 15) is 17.6 Å². The Morgan fingerprint density at radius 3 is 2.43 bits per heavy atom. The van der Waals surface area contributed by atoms with Crippen LogP contribution in [0, 0.1) is 23.3 Å². The van der Waals surface area contributed by atoms with Gasteiger partial charge in [-0.05, 0) is 43.7 Å². The molecule has 6 nitrogen and oxygen atoms in total. The molecule has 42 heavy (non-hydrogen) atoms. The fourth-order valence-corrected chi connectivity index (χ4v) is 4.69. The van der Waals surface area contributed by atoms with Gasteiger partial charge in [-0.2, -0.15) is 4.39 Å². The molecule has 1 atom stereocenters. The number of aliphatic hydroxyl groups is 1. The summed E-state index contributed by atoms with van der Waals surface area (Å²) < 4.78 is 69.8. The normalized spacial score (nSPS) is 16.5. The van der Waals surface area contributed by atoms with Crippen LogP contribution < -0.4 is 9.47 Å². The van der Waals surface area contributed by atoms with E-state index in [0.29, 0.717) is 13.0 Å². The number of hydrogen-bond donors (Lipinski definition) is 3. The van der Waals surface area contributed by atoms with Crippen LogP contribution in [0.2, 0.25) is 0 Å². The fraction of sp³-hybridized carbons (Fsp3) is 0.258. The van der Waals surface area contributed by atoms with E-state index >= 15 is 0 Å². The van der Waals surface area contributed by atoms with Crippen LogP contribution in [0.1, 0.15) is 43.9 Å². The number of rotatable bonds is 4. The standard InChI is InChI=1S/C27H19F4N3O2.C3H6.CH4O.W/c1-27(9-11-35-19-5-3-2-4-17(19)27)20-13-33-26(34-20)16-12-14(6-7-18(16)28)36-25-21(29)15-8-10-32-24(15)22(30)23(25)31;1-2-3-1;1-2;/h2-8,10,12-13,32H,9,11H2,1H3,(H,33,34);1-3H2;2H,1H3;. The topological polar surface area (TPSA) is 83.2 Å². The molecular formula is C31H29F4N3O3W. The number of ether oxygens (including phenoxy) is 2. The van der Waals surface area contributed by atoms with Crippen LogP contribution in [-0.4, -0.2) is 33.8 Å². The Balaban J connectivity index is 0.000000624. The molecule has 0 radical (unpaired) electrons. The summed E-state index contributed by atoms with van der Waals surface area (Å²) in [7, 11) is 1.00. The van der Waals surface area contributed by atoms with Gasteiger partial charge in [-0.15, -0.1) is 0 Å². The SMILES string of the molecule is C1CC1.CC1(c2cnc(-c3cc(Oc4c(F)c(F)c5[nH]ccc5c4F)ccc3F)[nH]2)CCOc2ccccc21.CO.[W]. The van der Waals surface area contributed by atoms with Crippen molar-refractivity contribution in [3.05, 3.63) is 95.5 Å². The number of benzene rings is 3. The summed E-state index contributed by atoms with van der Waals surface area (Å²) in [5.74, 6) is -4.45. The fourth-order valence-electron chi connectivity index (χ4n) is 4.69. The minimum Gasteiger partial charge on any atom is -0.493 e. The van der Waals surface area contributed by atoms with Crippen LogP contribution in [0.4, 0.5) is 17.6 Å². The van der Waals surface area contributed by atoms with Crippen molar-refractivity contribution >= 4 is 10.9 Å². The van der Waals surface area contributed by atoms with Crippen LogP contribution in [0.5, 0.6) is 17.2 Å². The molecule has 220 valence electrons. The van der Waals surface area contributed by atoms with Gasteiger partial charge in [0.2, 0.25) is 11.6 Å². The first-order valence-electron chi connectivity index (χ1n) is 13.2. The van der Waals surface area contributed by atoms with Crippen molar-refractivity contribution in [1.29, 1.82) is 0 Å². The predicted molar refractivity (Wildman–Crippen MR) is 147 cm³/mol. The van der Waals surface area contributed by atoms with E-state index < -0.39 is 34.4 Å². The van der Waals surface area contributed by atoms with Crippen LogP contribution in [0.15, 0.2) is 60.9 Å². The Labute approximate surface area is 254 Å². The van der Waals surface area contributed by atoms with E-state index in [1.165, 1.54) is 43.7 Å². The Kier molecular flexibility index (Phi) is 9.79. The number of hydrogen-bond acceptors (Lipinski definition) is 4. The minimum absolute atomic E-state index is 0. The summed E-state index contributed by atoms with van der Waals surface area (Å²) in [6.45, 7) is 2.57. The van der Waals surface area contributed by atoms with E-state index in [1.54, 1.807) is 6.20 Å². The molecule has 2 aromatic heterocycles. The summed E-state index contributed by atoms with van der Waals surface area (Å²) in [6, 6.07) is 12.5. The second-order valence-corrected chi connectivity index (χ2v) is 9.91. The van der Waals surface area contributed by atoms with Crippen molar-refractivity contribution in [2.75, 3.05) is 13.7 Å². The van der Waals surface area contributed by atoms with Gasteiger partial charge in [0, 0.05) is 62.6 Å². The Bertz CT molecular complexity index is 1690. The van der Waals surface area contributed by atoms with E-state index in [-0.39, 0.29) is 49.1 Å². The molecule has 0 bridgehead atoms. The third-order valence-electron chi connectivity index (χ3n) is 7.07. The molecular weight excluding hydrogens is 722 g/mol. The molecule has 3 N–H and O–H groups in total. The van der Waals surface area contributed by atoms with E-state index in [4.69, 9.17) is 14.6 Å². The number of aromatic nitrogens is 3. The third-order valence-corrected chi connectivity index (χ3v) is 7.07. The van der Waals surface area contributed by atoms with Crippen molar-refractivity contribution in [2.24, 2.45) is 0 Å². The van der Waals surface area contributed by atoms with E-state index in [2.05, 4.69) is 21.9 Å². The minimum atomic E-state index is -1.49. The van der Waals surface area contributed by atoms with Gasteiger partial charge < -0.3 is 24.5 Å². The number of imidazole rings is 1. The number of aliphatic hydroxyl groups excluding tert-OH is 1. The van der Waals surface area contributed by atoms with Gasteiger partial charge >= 0.3 is 0 Å². The van der Waals surface area contributed by atoms with Crippen LogP contribution in [-0.2, 0) is 26.5 Å². The molecule has 0 spiro atoms. The predicted octanol–water partition coefficient (Wildman–Crippen LogP) is 7.77. The molecule has 1 aliphatic carbocycles. The quantitative estimate of drug-likeness (QED) is 0.130. The third kappa shape index (κ3) is 5.96. The zero-order chi connectivity index (χ0) is 29.1. The molecule has 7 rings (SSSR count). The number of fused-ring (bicyclic) bond motifs is 2. The molecule has 3 heterocycles. The summed E-state index contributed by atoms with van der Waals surface area (Å²) in [5.41, 5.74) is 1.03. The molecule has 1 unspecified atom stereocenters. The molecule has 0 saturated heterocycles. The Morgan fingerprint density at radius 1 is 0.952 bits per heavy atom. The van der Waals surface area contributed by atoms with Crippen LogP contribution in [0.3, 0.4) is 0 Å². The number of para-hydroxylation sites is 1. The summed E-state index contributed by atoms with van der Waals surface area (Å²) in [6.07, 6.45) is 8.11. The number of nitrogens with zero attached hydrogens (tertiary/aromatic N) is 1. The largest absolute Gasteiger partial charge is 0.493 e. The molecule has 1 fully saturated rings. The Hall–Kier alpha value is -3.62. The first-order valence-corrected chi connectivity index (χ1v) is 13.2. The molecule has 2 aliphatic rings. The average Bonchev–Trinajstić information content (AvgIpc) is 3.64. The molecule has 0 amide bonds. The van der Waals surface area contributed by atoms with Gasteiger partial charge in [0.15, 0.2) is 11.6 Å². The zero-order valence-electron chi connectivity index (χ0n) is 22.9. The van der Waals surface area contributed by atoms with Gasteiger partial charge in [-0.25, -0.2) is 18.2 Å². The second kappa shape index (κ2) is 13.1. The van der Waals surface area contributed by atoms with Crippen LogP contribution >= 0.6 is 0 Å². The van der Waals surface area contributed by atoms with Crippen molar-refractivity contribution in [1.82, 2.24) is 15.0 Å².